The number of rotatable bonds is 4. The van der Waals surface area contributed by atoms with Crippen molar-refractivity contribution in [1.82, 2.24) is 24.4 Å². The van der Waals surface area contributed by atoms with Gasteiger partial charge in [0.25, 0.3) is 5.56 Å². The molecule has 158 valence electrons. The lowest BCUT2D eigenvalue weighted by Crippen LogP contribution is -2.47. The SMILES string of the molecule is Cc1nc2n(c(=O)c1CCN1CCN(c3ncnc4sccc34)CC1)CCCC2O. The molecule has 0 spiro atoms. The lowest BCUT2D eigenvalue weighted by Gasteiger charge is -2.35. The van der Waals surface area contributed by atoms with Crippen LogP contribution in [0.25, 0.3) is 10.2 Å². The summed E-state index contributed by atoms with van der Waals surface area (Å²) in [5.74, 6) is 1.55. The molecule has 0 aromatic carbocycles. The van der Waals surface area contributed by atoms with Crippen molar-refractivity contribution in [3.63, 3.8) is 0 Å². The number of fused-ring (bicyclic) bond motifs is 2. The number of aliphatic hydroxyl groups excluding tert-OH is 1. The third-order valence-corrected chi connectivity index (χ3v) is 7.07. The van der Waals surface area contributed by atoms with Crippen LogP contribution in [-0.4, -0.2) is 62.2 Å². The first kappa shape index (κ1) is 19.6. The highest BCUT2D eigenvalue weighted by molar-refractivity contribution is 7.16. The monoisotopic (exact) mass is 426 g/mol. The molecular formula is C21H26N6O2S. The molecule has 1 atom stereocenters. The molecule has 3 aromatic rings. The zero-order chi connectivity index (χ0) is 20.7. The Labute approximate surface area is 178 Å². The molecule has 5 heterocycles. The maximum atomic E-state index is 13.0. The fourth-order valence-corrected chi connectivity index (χ4v) is 5.26. The summed E-state index contributed by atoms with van der Waals surface area (Å²) < 4.78 is 1.68. The van der Waals surface area contributed by atoms with Crippen molar-refractivity contribution in [2.24, 2.45) is 0 Å². The van der Waals surface area contributed by atoms with Crippen LogP contribution in [0.4, 0.5) is 5.82 Å². The standard InChI is InChI=1S/C21H26N6O2S/c1-14-15(21(29)27-6-2-3-17(28)19(27)24-14)4-7-25-8-10-26(11-9-25)18-16-5-12-30-20(16)23-13-22-18/h5,12-13,17,28H,2-4,6-11H2,1H3. The number of aliphatic hydroxyl groups is 1. The van der Waals surface area contributed by atoms with Crippen LogP contribution in [0.5, 0.6) is 0 Å². The quantitative estimate of drug-likeness (QED) is 0.680. The van der Waals surface area contributed by atoms with Gasteiger partial charge >= 0.3 is 0 Å². The number of hydrogen-bond acceptors (Lipinski definition) is 8. The summed E-state index contributed by atoms with van der Waals surface area (Å²) in [5, 5.41) is 13.4. The third-order valence-electron chi connectivity index (χ3n) is 6.25. The van der Waals surface area contributed by atoms with Crippen molar-refractivity contribution >= 4 is 27.4 Å². The van der Waals surface area contributed by atoms with Crippen LogP contribution in [-0.2, 0) is 13.0 Å². The Kier molecular flexibility index (Phi) is 5.26. The van der Waals surface area contributed by atoms with Crippen LogP contribution >= 0.6 is 11.3 Å². The van der Waals surface area contributed by atoms with E-state index in [0.29, 0.717) is 25.2 Å². The van der Waals surface area contributed by atoms with E-state index >= 15 is 0 Å². The summed E-state index contributed by atoms with van der Waals surface area (Å²) in [6, 6.07) is 2.10. The maximum Gasteiger partial charge on any atom is 0.257 e. The first-order valence-electron chi connectivity index (χ1n) is 10.6. The summed E-state index contributed by atoms with van der Waals surface area (Å²) in [7, 11) is 0. The van der Waals surface area contributed by atoms with Gasteiger partial charge in [-0.05, 0) is 37.6 Å². The van der Waals surface area contributed by atoms with Crippen molar-refractivity contribution < 1.29 is 5.11 Å². The summed E-state index contributed by atoms with van der Waals surface area (Å²) >= 11 is 1.64. The smallest absolute Gasteiger partial charge is 0.257 e. The van der Waals surface area contributed by atoms with Gasteiger partial charge in [-0.25, -0.2) is 15.0 Å². The molecule has 0 aliphatic carbocycles. The minimum absolute atomic E-state index is 0.0238. The molecule has 8 nitrogen and oxygen atoms in total. The van der Waals surface area contributed by atoms with Crippen LogP contribution in [0, 0.1) is 6.92 Å². The molecule has 9 heteroatoms. The summed E-state index contributed by atoms with van der Waals surface area (Å²) in [6.45, 7) is 7.08. The van der Waals surface area contributed by atoms with Crippen LogP contribution in [0.3, 0.4) is 0 Å². The zero-order valence-corrected chi connectivity index (χ0v) is 17.9. The molecule has 1 saturated heterocycles. The third kappa shape index (κ3) is 3.51. The first-order chi connectivity index (χ1) is 14.6. The fraction of sp³-hybridized carbons (Fsp3) is 0.524. The van der Waals surface area contributed by atoms with Crippen molar-refractivity contribution in [1.29, 1.82) is 0 Å². The van der Waals surface area contributed by atoms with Gasteiger partial charge in [-0.15, -0.1) is 11.3 Å². The molecule has 0 amide bonds. The van der Waals surface area contributed by atoms with Gasteiger partial charge in [-0.1, -0.05) is 0 Å². The molecular weight excluding hydrogens is 400 g/mol. The average Bonchev–Trinajstić information content (AvgIpc) is 3.24. The molecule has 1 fully saturated rings. The van der Waals surface area contributed by atoms with Gasteiger partial charge < -0.3 is 10.0 Å². The van der Waals surface area contributed by atoms with Crippen molar-refractivity contribution in [2.75, 3.05) is 37.6 Å². The molecule has 1 N–H and O–H groups in total. The number of piperazine rings is 1. The Morgan fingerprint density at radius 2 is 2.03 bits per heavy atom. The zero-order valence-electron chi connectivity index (χ0n) is 17.1. The second kappa shape index (κ2) is 8.05. The predicted octanol–water partition coefficient (Wildman–Crippen LogP) is 1.75. The molecule has 2 aliphatic rings. The van der Waals surface area contributed by atoms with E-state index < -0.39 is 6.10 Å². The van der Waals surface area contributed by atoms with E-state index in [-0.39, 0.29) is 5.56 Å². The van der Waals surface area contributed by atoms with E-state index in [1.165, 1.54) is 0 Å². The largest absolute Gasteiger partial charge is 0.385 e. The van der Waals surface area contributed by atoms with Crippen LogP contribution in [0.1, 0.15) is 36.0 Å². The molecule has 3 aromatic heterocycles. The Bertz CT molecular complexity index is 1120. The summed E-state index contributed by atoms with van der Waals surface area (Å²) in [5.41, 5.74) is 1.56. The van der Waals surface area contributed by atoms with Gasteiger partial charge in [0.1, 0.15) is 28.9 Å². The van der Waals surface area contributed by atoms with E-state index in [4.69, 9.17) is 0 Å². The number of anilines is 1. The number of aryl methyl sites for hydroxylation is 1. The van der Waals surface area contributed by atoms with Gasteiger partial charge in [-0.3, -0.25) is 14.3 Å². The number of thiophene rings is 1. The second-order valence-corrected chi connectivity index (χ2v) is 8.96. The average molecular weight is 427 g/mol. The maximum absolute atomic E-state index is 13.0. The van der Waals surface area contributed by atoms with E-state index in [9.17, 15) is 9.90 Å². The summed E-state index contributed by atoms with van der Waals surface area (Å²) in [4.78, 5) is 32.2. The second-order valence-electron chi connectivity index (χ2n) is 8.06. The van der Waals surface area contributed by atoms with Gasteiger partial charge in [0.15, 0.2) is 0 Å². The van der Waals surface area contributed by atoms with Crippen molar-refractivity contribution in [3.8, 4) is 0 Å². The fourth-order valence-electron chi connectivity index (χ4n) is 4.53. The van der Waals surface area contributed by atoms with E-state index in [1.54, 1.807) is 22.2 Å². The highest BCUT2D eigenvalue weighted by atomic mass is 32.1. The van der Waals surface area contributed by atoms with Crippen LogP contribution in [0.15, 0.2) is 22.6 Å². The highest BCUT2D eigenvalue weighted by Crippen LogP contribution is 2.27. The lowest BCUT2D eigenvalue weighted by molar-refractivity contribution is 0.129. The Balaban J connectivity index is 1.25. The Hall–Kier alpha value is -2.36. The van der Waals surface area contributed by atoms with E-state index in [2.05, 4.69) is 36.2 Å². The number of nitrogens with zero attached hydrogens (tertiary/aromatic N) is 6. The van der Waals surface area contributed by atoms with E-state index in [1.807, 2.05) is 6.92 Å². The highest BCUT2D eigenvalue weighted by Gasteiger charge is 2.24. The van der Waals surface area contributed by atoms with Gasteiger partial charge in [0.2, 0.25) is 0 Å². The van der Waals surface area contributed by atoms with Crippen molar-refractivity contribution in [3.05, 3.63) is 45.2 Å². The van der Waals surface area contributed by atoms with Crippen molar-refractivity contribution in [2.45, 2.75) is 38.8 Å². The first-order valence-corrected chi connectivity index (χ1v) is 11.4. The molecule has 0 radical (unpaired) electrons. The molecule has 30 heavy (non-hydrogen) atoms. The molecule has 2 aliphatic heterocycles. The molecule has 0 bridgehead atoms. The Morgan fingerprint density at radius 3 is 2.87 bits per heavy atom. The molecule has 5 rings (SSSR count). The topological polar surface area (TPSA) is 87.4 Å². The van der Waals surface area contributed by atoms with E-state index in [0.717, 1.165) is 66.4 Å². The minimum Gasteiger partial charge on any atom is -0.385 e. The normalized spacial score (nSPS) is 19.9. The van der Waals surface area contributed by atoms with Gasteiger partial charge in [-0.2, -0.15) is 0 Å². The molecule has 1 unspecified atom stereocenters. The summed E-state index contributed by atoms with van der Waals surface area (Å²) in [6.07, 6.45) is 3.22. The minimum atomic E-state index is -0.622. The van der Waals surface area contributed by atoms with Crippen LogP contribution < -0.4 is 10.5 Å². The van der Waals surface area contributed by atoms with Crippen LogP contribution in [0.2, 0.25) is 0 Å². The predicted molar refractivity (Wildman–Crippen MR) is 117 cm³/mol. The van der Waals surface area contributed by atoms with Gasteiger partial charge in [0, 0.05) is 50.5 Å². The number of aromatic nitrogens is 4. The van der Waals surface area contributed by atoms with Gasteiger partial charge in [0.05, 0.1) is 5.39 Å². The Morgan fingerprint density at radius 1 is 1.20 bits per heavy atom. The lowest BCUT2D eigenvalue weighted by atomic mass is 10.1. The number of hydrogen-bond donors (Lipinski definition) is 1. The molecule has 0 saturated carbocycles.